The van der Waals surface area contributed by atoms with E-state index in [1.165, 1.54) is 21.2 Å². The number of nitrogens with one attached hydrogen (secondary N) is 1. The van der Waals surface area contributed by atoms with Crippen LogP contribution in [0.5, 0.6) is 0 Å². The Bertz CT molecular complexity index is 935. The molecule has 2 aromatic rings. The van der Waals surface area contributed by atoms with Gasteiger partial charge in [0.25, 0.3) is 5.91 Å². The highest BCUT2D eigenvalue weighted by Crippen LogP contribution is 2.30. The molecule has 1 aromatic heterocycles. The Hall–Kier alpha value is -1.77. The minimum Gasteiger partial charge on any atom is -0.350 e. The molecule has 140 valence electrons. The molecule has 8 heteroatoms. The van der Waals surface area contributed by atoms with E-state index in [1.807, 2.05) is 32.9 Å². The van der Waals surface area contributed by atoms with E-state index in [4.69, 9.17) is 0 Å². The van der Waals surface area contributed by atoms with Crippen LogP contribution in [-0.4, -0.2) is 49.0 Å². The van der Waals surface area contributed by atoms with Crippen molar-refractivity contribution in [3.8, 4) is 10.6 Å². The predicted molar refractivity (Wildman–Crippen MR) is 104 cm³/mol. The van der Waals surface area contributed by atoms with Crippen molar-refractivity contribution in [3.63, 3.8) is 0 Å². The second-order valence-electron chi connectivity index (χ2n) is 6.58. The molecule has 0 unspecified atom stereocenters. The second kappa shape index (κ2) is 7.46. The highest BCUT2D eigenvalue weighted by molar-refractivity contribution is 7.89. The molecular weight excluding hydrogens is 370 g/mol. The van der Waals surface area contributed by atoms with Gasteiger partial charge >= 0.3 is 0 Å². The molecule has 0 atom stereocenters. The number of aryl methyl sites for hydroxylation is 3. The molecule has 6 nitrogen and oxygen atoms in total. The summed E-state index contributed by atoms with van der Waals surface area (Å²) in [5.41, 5.74) is 4.04. The number of sulfonamides is 1. The van der Waals surface area contributed by atoms with Gasteiger partial charge in [0.2, 0.25) is 10.0 Å². The average molecular weight is 394 g/mol. The highest BCUT2D eigenvalue weighted by atomic mass is 32.2. The number of carbonyl (C=O) groups excluding carboxylic acids is 1. The number of rotatable bonds is 5. The first-order chi connectivity index (χ1) is 12.3. The number of aromatic nitrogens is 1. The molecule has 0 spiro atoms. The molecule has 1 amide bonds. The third-order valence-electron chi connectivity index (χ3n) is 4.47. The lowest BCUT2D eigenvalue weighted by Gasteiger charge is -2.14. The Morgan fingerprint density at radius 1 is 1.31 bits per heavy atom. The topological polar surface area (TPSA) is 79.4 Å². The molecule has 1 N–H and O–H groups in total. The fourth-order valence-corrected chi connectivity index (χ4v) is 5.69. The summed E-state index contributed by atoms with van der Waals surface area (Å²) in [5.74, 6) is 0.00125. The molecule has 1 aliphatic rings. The minimum absolute atomic E-state index is 0.201. The molecule has 0 bridgehead atoms. The molecule has 26 heavy (non-hydrogen) atoms. The molecule has 3 rings (SSSR count). The smallest absolute Gasteiger partial charge is 0.263 e. The van der Waals surface area contributed by atoms with Gasteiger partial charge < -0.3 is 5.32 Å². The molecule has 1 aliphatic heterocycles. The predicted octanol–water partition coefficient (Wildman–Crippen LogP) is 2.50. The van der Waals surface area contributed by atoms with Gasteiger partial charge in [-0.1, -0.05) is 23.8 Å². The van der Waals surface area contributed by atoms with E-state index in [2.05, 4.69) is 16.4 Å². The maximum Gasteiger partial charge on any atom is 0.263 e. The average Bonchev–Trinajstić information content (AvgIpc) is 3.10. The van der Waals surface area contributed by atoms with Crippen LogP contribution in [0.1, 0.15) is 32.9 Å². The number of hydrogen-bond donors (Lipinski definition) is 1. The number of amides is 1. The third kappa shape index (κ3) is 3.97. The van der Waals surface area contributed by atoms with Gasteiger partial charge in [-0.15, -0.1) is 11.3 Å². The van der Waals surface area contributed by atoms with Gasteiger partial charge in [-0.25, -0.2) is 17.7 Å². The van der Waals surface area contributed by atoms with E-state index < -0.39 is 10.0 Å². The Morgan fingerprint density at radius 3 is 2.73 bits per heavy atom. The monoisotopic (exact) mass is 393 g/mol. The van der Waals surface area contributed by atoms with Crippen molar-refractivity contribution >= 4 is 27.3 Å². The third-order valence-corrected chi connectivity index (χ3v) is 7.61. The van der Waals surface area contributed by atoms with Gasteiger partial charge in [0, 0.05) is 25.2 Å². The summed E-state index contributed by atoms with van der Waals surface area (Å²) in [4.78, 5) is 17.6. The first-order valence-electron chi connectivity index (χ1n) is 8.59. The van der Waals surface area contributed by atoms with Gasteiger partial charge in [-0.3, -0.25) is 4.79 Å². The molecule has 0 radical (unpaired) electrons. The second-order valence-corrected chi connectivity index (χ2v) is 9.66. The van der Waals surface area contributed by atoms with E-state index >= 15 is 0 Å². The Morgan fingerprint density at radius 2 is 2.08 bits per heavy atom. The lowest BCUT2D eigenvalue weighted by Crippen LogP contribution is -2.35. The van der Waals surface area contributed by atoms with E-state index in [0.717, 1.165) is 16.1 Å². The summed E-state index contributed by atoms with van der Waals surface area (Å²) in [6.45, 7) is 7.06. The lowest BCUT2D eigenvalue weighted by molar-refractivity contribution is 0.0955. The number of hydrogen-bond acceptors (Lipinski definition) is 5. The van der Waals surface area contributed by atoms with Crippen molar-refractivity contribution in [3.05, 3.63) is 39.9 Å². The van der Waals surface area contributed by atoms with E-state index in [0.29, 0.717) is 36.6 Å². The van der Waals surface area contributed by atoms with Crippen molar-refractivity contribution in [2.75, 3.05) is 25.4 Å². The van der Waals surface area contributed by atoms with Gasteiger partial charge in [-0.2, -0.15) is 0 Å². The fraction of sp³-hybridized carbons (Fsp3) is 0.444. The van der Waals surface area contributed by atoms with Crippen LogP contribution < -0.4 is 5.32 Å². The minimum atomic E-state index is -3.13. The summed E-state index contributed by atoms with van der Waals surface area (Å²) in [7, 11) is -3.13. The van der Waals surface area contributed by atoms with Crippen LogP contribution in [0.4, 0.5) is 0 Å². The number of benzene rings is 1. The van der Waals surface area contributed by atoms with Gasteiger partial charge in [0.05, 0.1) is 11.4 Å². The Kier molecular flexibility index (Phi) is 5.45. The Balaban J connectivity index is 1.67. The van der Waals surface area contributed by atoms with E-state index in [1.54, 1.807) is 0 Å². The molecule has 1 fully saturated rings. The quantitative estimate of drug-likeness (QED) is 0.846. The van der Waals surface area contributed by atoms with Crippen LogP contribution in [-0.2, 0) is 10.0 Å². The van der Waals surface area contributed by atoms with Crippen LogP contribution in [0.3, 0.4) is 0 Å². The molecule has 1 aromatic carbocycles. The van der Waals surface area contributed by atoms with Gasteiger partial charge in [0.15, 0.2) is 0 Å². The standard InChI is InChI=1S/C18H23N3O3S2/c1-12-5-6-15(13(2)11-12)18-20-14(3)16(25-18)17(22)19-7-9-21-8-4-10-26(21,23)24/h5-6,11H,4,7-10H2,1-3H3,(H,19,22). The summed E-state index contributed by atoms with van der Waals surface area (Å²) in [6, 6.07) is 6.17. The number of carbonyl (C=O) groups is 1. The van der Waals surface area contributed by atoms with Gasteiger partial charge in [0.1, 0.15) is 9.88 Å². The van der Waals surface area contributed by atoms with Crippen LogP contribution in [0.15, 0.2) is 18.2 Å². The SMILES string of the molecule is Cc1ccc(-c2nc(C)c(C(=O)NCCN3CCCS3(=O)=O)s2)c(C)c1. The highest BCUT2D eigenvalue weighted by Gasteiger charge is 2.27. The summed E-state index contributed by atoms with van der Waals surface area (Å²) >= 11 is 1.37. The van der Waals surface area contributed by atoms with E-state index in [9.17, 15) is 13.2 Å². The lowest BCUT2D eigenvalue weighted by atomic mass is 10.1. The van der Waals surface area contributed by atoms with Crippen molar-refractivity contribution < 1.29 is 13.2 Å². The van der Waals surface area contributed by atoms with Crippen molar-refractivity contribution in [1.82, 2.24) is 14.6 Å². The summed E-state index contributed by atoms with van der Waals surface area (Å²) < 4.78 is 25.0. The summed E-state index contributed by atoms with van der Waals surface area (Å²) in [6.07, 6.45) is 0.656. The van der Waals surface area contributed by atoms with Gasteiger partial charge in [-0.05, 0) is 32.8 Å². The van der Waals surface area contributed by atoms with Crippen LogP contribution in [0.25, 0.3) is 10.6 Å². The number of nitrogens with zero attached hydrogens (tertiary/aromatic N) is 2. The van der Waals surface area contributed by atoms with Crippen molar-refractivity contribution in [1.29, 1.82) is 0 Å². The zero-order valence-corrected chi connectivity index (χ0v) is 16.8. The van der Waals surface area contributed by atoms with E-state index in [-0.39, 0.29) is 11.7 Å². The largest absolute Gasteiger partial charge is 0.350 e. The summed E-state index contributed by atoms with van der Waals surface area (Å²) in [5, 5.41) is 3.64. The normalized spacial score (nSPS) is 16.7. The van der Waals surface area contributed by atoms with Crippen LogP contribution >= 0.6 is 11.3 Å². The molecule has 0 aliphatic carbocycles. The fourth-order valence-electron chi connectivity index (χ4n) is 3.09. The zero-order chi connectivity index (χ0) is 18.9. The first-order valence-corrected chi connectivity index (χ1v) is 11.0. The first kappa shape index (κ1) is 19.0. The maximum atomic E-state index is 12.5. The molecular formula is C18H23N3O3S2. The van der Waals surface area contributed by atoms with Crippen molar-refractivity contribution in [2.45, 2.75) is 27.2 Å². The van der Waals surface area contributed by atoms with Crippen LogP contribution in [0, 0.1) is 20.8 Å². The molecule has 2 heterocycles. The maximum absolute atomic E-state index is 12.5. The zero-order valence-electron chi connectivity index (χ0n) is 15.2. The van der Waals surface area contributed by atoms with Crippen molar-refractivity contribution in [2.24, 2.45) is 0 Å². The molecule has 1 saturated heterocycles. The molecule has 0 saturated carbocycles. The number of thiazole rings is 1. The van der Waals surface area contributed by atoms with Crippen LogP contribution in [0.2, 0.25) is 0 Å². The Labute approximate surface area is 158 Å².